The van der Waals surface area contributed by atoms with Crippen LogP contribution in [0.25, 0.3) is 0 Å². The van der Waals surface area contributed by atoms with Gasteiger partial charge in [-0.25, -0.2) is 8.78 Å². The standard InChI is InChI=1S/C13H9F2IN2O/c14-7-4-5-11(10(16)6-7)18-13(19)8-2-1-3-9(15)12(8)17/h1-6H,17H2,(H,18,19). The monoisotopic (exact) mass is 374 g/mol. The number of carbonyl (C=O) groups excluding carboxylic acids is 1. The number of nitrogens with one attached hydrogen (secondary N) is 1. The minimum Gasteiger partial charge on any atom is -0.396 e. The Morgan fingerprint density at radius 2 is 1.95 bits per heavy atom. The zero-order valence-corrected chi connectivity index (χ0v) is 11.7. The largest absolute Gasteiger partial charge is 0.396 e. The molecule has 98 valence electrons. The predicted octanol–water partition coefficient (Wildman–Crippen LogP) is 3.40. The maximum Gasteiger partial charge on any atom is 0.257 e. The summed E-state index contributed by atoms with van der Waals surface area (Å²) in [5, 5.41) is 2.56. The molecular weight excluding hydrogens is 365 g/mol. The summed E-state index contributed by atoms with van der Waals surface area (Å²) in [5.41, 5.74) is 5.77. The van der Waals surface area contributed by atoms with Gasteiger partial charge in [-0.3, -0.25) is 4.79 Å². The van der Waals surface area contributed by atoms with E-state index in [1.54, 1.807) is 0 Å². The number of amides is 1. The first-order valence-electron chi connectivity index (χ1n) is 5.29. The van der Waals surface area contributed by atoms with Crippen molar-refractivity contribution >= 4 is 39.9 Å². The fraction of sp³-hybridized carbons (Fsp3) is 0. The van der Waals surface area contributed by atoms with E-state index in [1.807, 2.05) is 22.6 Å². The number of rotatable bonds is 2. The molecule has 0 aliphatic carbocycles. The number of hydrogen-bond donors (Lipinski definition) is 2. The molecule has 19 heavy (non-hydrogen) atoms. The zero-order valence-electron chi connectivity index (χ0n) is 9.58. The maximum atomic E-state index is 13.3. The molecule has 0 unspecified atom stereocenters. The lowest BCUT2D eigenvalue weighted by Crippen LogP contribution is -2.15. The number of anilines is 2. The molecule has 2 aromatic carbocycles. The van der Waals surface area contributed by atoms with Crippen molar-refractivity contribution in [3.63, 3.8) is 0 Å². The Morgan fingerprint density at radius 1 is 1.21 bits per heavy atom. The molecule has 3 nitrogen and oxygen atoms in total. The lowest BCUT2D eigenvalue weighted by molar-refractivity contribution is 0.102. The van der Waals surface area contributed by atoms with Gasteiger partial charge < -0.3 is 11.1 Å². The first-order valence-corrected chi connectivity index (χ1v) is 6.37. The first kappa shape index (κ1) is 13.7. The van der Waals surface area contributed by atoms with E-state index in [-0.39, 0.29) is 11.3 Å². The number of hydrogen-bond acceptors (Lipinski definition) is 2. The fourth-order valence-electron chi connectivity index (χ4n) is 1.52. The number of carbonyl (C=O) groups is 1. The molecule has 0 saturated heterocycles. The van der Waals surface area contributed by atoms with Gasteiger partial charge in [0.15, 0.2) is 0 Å². The summed E-state index contributed by atoms with van der Waals surface area (Å²) >= 11 is 1.89. The molecule has 3 N–H and O–H groups in total. The molecule has 0 radical (unpaired) electrons. The number of nitrogen functional groups attached to an aromatic ring is 1. The van der Waals surface area contributed by atoms with Crippen molar-refractivity contribution in [1.82, 2.24) is 0 Å². The van der Waals surface area contributed by atoms with E-state index in [0.717, 1.165) is 0 Å². The quantitative estimate of drug-likeness (QED) is 0.626. The second kappa shape index (κ2) is 5.52. The lowest BCUT2D eigenvalue weighted by Gasteiger charge is -2.09. The molecule has 2 rings (SSSR count). The van der Waals surface area contributed by atoms with Gasteiger partial charge in [-0.15, -0.1) is 0 Å². The van der Waals surface area contributed by atoms with Crippen molar-refractivity contribution < 1.29 is 13.6 Å². The summed E-state index contributed by atoms with van der Waals surface area (Å²) in [6, 6.07) is 7.94. The number of para-hydroxylation sites is 1. The Morgan fingerprint density at radius 3 is 2.63 bits per heavy atom. The molecule has 0 aliphatic heterocycles. The van der Waals surface area contributed by atoms with Crippen molar-refractivity contribution in [2.45, 2.75) is 0 Å². The van der Waals surface area contributed by atoms with Crippen LogP contribution in [0.1, 0.15) is 10.4 Å². The fourth-order valence-corrected chi connectivity index (χ4v) is 2.13. The highest BCUT2D eigenvalue weighted by atomic mass is 127. The van der Waals surface area contributed by atoms with Crippen LogP contribution >= 0.6 is 22.6 Å². The minimum atomic E-state index is -0.651. The van der Waals surface area contributed by atoms with E-state index < -0.39 is 17.5 Å². The Labute approximate surface area is 121 Å². The summed E-state index contributed by atoms with van der Waals surface area (Å²) in [5.74, 6) is -1.59. The smallest absolute Gasteiger partial charge is 0.257 e. The Kier molecular flexibility index (Phi) is 3.98. The molecule has 0 saturated carbocycles. The zero-order chi connectivity index (χ0) is 14.0. The van der Waals surface area contributed by atoms with Crippen LogP contribution in [-0.4, -0.2) is 5.91 Å². The summed E-state index contributed by atoms with van der Waals surface area (Å²) in [7, 11) is 0. The molecular formula is C13H9F2IN2O. The molecule has 0 spiro atoms. The van der Waals surface area contributed by atoms with Gasteiger partial charge in [0.25, 0.3) is 5.91 Å². The summed E-state index contributed by atoms with van der Waals surface area (Å²) in [4.78, 5) is 12.0. The molecule has 0 aliphatic rings. The maximum absolute atomic E-state index is 13.3. The highest BCUT2D eigenvalue weighted by Crippen LogP contribution is 2.22. The van der Waals surface area contributed by atoms with Crippen LogP contribution in [0, 0.1) is 15.2 Å². The van der Waals surface area contributed by atoms with Crippen LogP contribution in [0.15, 0.2) is 36.4 Å². The Bertz CT molecular complexity index is 647. The number of nitrogens with two attached hydrogens (primary N) is 1. The first-order chi connectivity index (χ1) is 8.99. The highest BCUT2D eigenvalue weighted by molar-refractivity contribution is 14.1. The Hall–Kier alpha value is -1.70. The van der Waals surface area contributed by atoms with Gasteiger partial charge in [-0.2, -0.15) is 0 Å². The molecule has 0 heterocycles. The average Bonchev–Trinajstić information content (AvgIpc) is 2.36. The van der Waals surface area contributed by atoms with Gasteiger partial charge in [0.2, 0.25) is 0 Å². The van der Waals surface area contributed by atoms with Gasteiger partial charge >= 0.3 is 0 Å². The van der Waals surface area contributed by atoms with E-state index in [0.29, 0.717) is 9.26 Å². The third-order valence-electron chi connectivity index (χ3n) is 2.48. The van der Waals surface area contributed by atoms with Gasteiger partial charge in [0.05, 0.1) is 16.9 Å². The van der Waals surface area contributed by atoms with Crippen molar-refractivity contribution in [3.05, 3.63) is 57.2 Å². The average molecular weight is 374 g/mol. The van der Waals surface area contributed by atoms with Crippen LogP contribution in [0.2, 0.25) is 0 Å². The number of halogens is 3. The van der Waals surface area contributed by atoms with Crippen LogP contribution < -0.4 is 11.1 Å². The molecule has 0 fully saturated rings. The van der Waals surface area contributed by atoms with E-state index in [9.17, 15) is 13.6 Å². The van der Waals surface area contributed by atoms with Crippen LogP contribution in [0.5, 0.6) is 0 Å². The van der Waals surface area contributed by atoms with Crippen molar-refractivity contribution in [2.24, 2.45) is 0 Å². The normalized spacial score (nSPS) is 10.3. The SMILES string of the molecule is Nc1c(F)cccc1C(=O)Nc1ccc(F)cc1I. The molecule has 2 aromatic rings. The van der Waals surface area contributed by atoms with Gasteiger partial charge in [-0.1, -0.05) is 6.07 Å². The van der Waals surface area contributed by atoms with E-state index in [2.05, 4.69) is 5.32 Å². The predicted molar refractivity (Wildman–Crippen MR) is 77.9 cm³/mol. The van der Waals surface area contributed by atoms with Crippen LogP contribution in [0.4, 0.5) is 20.2 Å². The lowest BCUT2D eigenvalue weighted by atomic mass is 10.1. The highest BCUT2D eigenvalue weighted by Gasteiger charge is 2.14. The molecule has 6 heteroatoms. The summed E-state index contributed by atoms with van der Waals surface area (Å²) in [6.07, 6.45) is 0. The number of benzene rings is 2. The molecule has 0 bridgehead atoms. The van der Waals surface area contributed by atoms with Gasteiger partial charge in [0, 0.05) is 3.57 Å². The van der Waals surface area contributed by atoms with Gasteiger partial charge in [-0.05, 0) is 52.9 Å². The van der Waals surface area contributed by atoms with Crippen LogP contribution in [0.3, 0.4) is 0 Å². The van der Waals surface area contributed by atoms with Crippen molar-refractivity contribution in [2.75, 3.05) is 11.1 Å². The van der Waals surface area contributed by atoms with Crippen molar-refractivity contribution in [1.29, 1.82) is 0 Å². The van der Waals surface area contributed by atoms with Crippen LogP contribution in [-0.2, 0) is 0 Å². The topological polar surface area (TPSA) is 55.1 Å². The summed E-state index contributed by atoms with van der Waals surface area (Å²) in [6.45, 7) is 0. The second-order valence-corrected chi connectivity index (χ2v) is 4.94. The van der Waals surface area contributed by atoms with Crippen molar-refractivity contribution in [3.8, 4) is 0 Å². The molecule has 1 amide bonds. The summed E-state index contributed by atoms with van der Waals surface area (Å²) < 4.78 is 26.7. The van der Waals surface area contributed by atoms with E-state index in [4.69, 9.17) is 5.73 Å². The molecule has 0 aromatic heterocycles. The van der Waals surface area contributed by atoms with E-state index in [1.165, 1.54) is 36.4 Å². The minimum absolute atomic E-state index is 0.0418. The second-order valence-electron chi connectivity index (χ2n) is 3.78. The third kappa shape index (κ3) is 3.01. The molecule has 0 atom stereocenters. The third-order valence-corrected chi connectivity index (χ3v) is 3.37. The Balaban J connectivity index is 2.28. The van der Waals surface area contributed by atoms with E-state index >= 15 is 0 Å². The van der Waals surface area contributed by atoms with Gasteiger partial charge in [0.1, 0.15) is 11.6 Å².